The molecule has 1 aromatic heterocycles. The predicted molar refractivity (Wildman–Crippen MR) is 43.6 cm³/mol. The summed E-state index contributed by atoms with van der Waals surface area (Å²) < 4.78 is 61.7. The highest BCUT2D eigenvalue weighted by Crippen LogP contribution is 2.34. The van der Waals surface area contributed by atoms with E-state index in [0.717, 1.165) is 6.92 Å². The zero-order chi connectivity index (χ0) is 12.5. The molecule has 0 N–H and O–H groups in total. The first kappa shape index (κ1) is 12.4. The molecule has 0 amide bonds. The summed E-state index contributed by atoms with van der Waals surface area (Å²) in [4.78, 5) is 2.88. The summed E-state index contributed by atoms with van der Waals surface area (Å²) in [5, 5.41) is 8.53. The Morgan fingerprint density at radius 1 is 1.38 bits per heavy atom. The maximum atomic E-state index is 12.3. The zero-order valence-electron chi connectivity index (χ0n) is 7.94. The molecule has 0 aromatic carbocycles. The quantitative estimate of drug-likeness (QED) is 0.702. The largest absolute Gasteiger partial charge is 0.434 e. The molecule has 1 aromatic rings. The lowest BCUT2D eigenvalue weighted by atomic mass is 10.0. The van der Waals surface area contributed by atoms with Gasteiger partial charge in [-0.3, -0.25) is 0 Å². The highest BCUT2D eigenvalue weighted by atomic mass is 19.4. The minimum atomic E-state index is -4.82. The molecule has 2 nitrogen and oxygen atoms in total. The molecule has 0 unspecified atom stereocenters. The van der Waals surface area contributed by atoms with Gasteiger partial charge in [0.25, 0.3) is 6.43 Å². The summed E-state index contributed by atoms with van der Waals surface area (Å²) in [6, 6.07) is 1.25. The van der Waals surface area contributed by atoms with Gasteiger partial charge in [0.2, 0.25) is 0 Å². The van der Waals surface area contributed by atoms with E-state index in [-0.39, 0.29) is 5.56 Å². The lowest BCUT2D eigenvalue weighted by Crippen LogP contribution is -2.13. The molecule has 0 saturated carbocycles. The van der Waals surface area contributed by atoms with Crippen molar-refractivity contribution in [1.29, 1.82) is 5.26 Å². The van der Waals surface area contributed by atoms with Gasteiger partial charge in [-0.25, -0.2) is 13.8 Å². The fraction of sp³-hybridized carbons (Fsp3) is 0.333. The van der Waals surface area contributed by atoms with Gasteiger partial charge in [-0.15, -0.1) is 0 Å². The maximum absolute atomic E-state index is 12.3. The Morgan fingerprint density at radius 2 is 1.94 bits per heavy atom. The van der Waals surface area contributed by atoms with Crippen LogP contribution in [0.15, 0.2) is 6.20 Å². The number of aromatic nitrogens is 1. The third-order valence-corrected chi connectivity index (χ3v) is 1.99. The topological polar surface area (TPSA) is 36.7 Å². The molecule has 0 fully saturated rings. The summed E-state index contributed by atoms with van der Waals surface area (Å²) in [5.74, 6) is 0. The monoisotopic (exact) mass is 236 g/mol. The van der Waals surface area contributed by atoms with Crippen LogP contribution in [0.5, 0.6) is 0 Å². The third kappa shape index (κ3) is 2.10. The Bertz CT molecular complexity index is 444. The zero-order valence-corrected chi connectivity index (χ0v) is 7.94. The van der Waals surface area contributed by atoms with Crippen molar-refractivity contribution in [3.63, 3.8) is 0 Å². The van der Waals surface area contributed by atoms with E-state index in [4.69, 9.17) is 5.26 Å². The van der Waals surface area contributed by atoms with Crippen LogP contribution in [0.3, 0.4) is 0 Å². The molecule has 0 aliphatic rings. The van der Waals surface area contributed by atoms with Gasteiger partial charge in [-0.1, -0.05) is 0 Å². The summed E-state index contributed by atoms with van der Waals surface area (Å²) in [6.45, 7) is 1.04. The second-order valence-corrected chi connectivity index (χ2v) is 2.97. The van der Waals surface area contributed by atoms with Crippen molar-refractivity contribution in [2.75, 3.05) is 0 Å². The van der Waals surface area contributed by atoms with E-state index in [1.54, 1.807) is 0 Å². The Hall–Kier alpha value is -1.71. The van der Waals surface area contributed by atoms with Crippen LogP contribution < -0.4 is 0 Å². The van der Waals surface area contributed by atoms with Crippen LogP contribution >= 0.6 is 0 Å². The number of nitrogens with zero attached hydrogens (tertiary/aromatic N) is 2. The van der Waals surface area contributed by atoms with Crippen molar-refractivity contribution in [3.05, 3.63) is 28.6 Å². The van der Waals surface area contributed by atoms with Crippen LogP contribution in [0.2, 0.25) is 0 Å². The predicted octanol–water partition coefficient (Wildman–Crippen LogP) is 3.22. The standard InChI is InChI=1S/C9H5F5N2/c1-4-5(2-15)7(9(12,13)14)16-3-6(4)8(10)11/h3,8H,1H3. The van der Waals surface area contributed by atoms with Crippen LogP contribution in [0.25, 0.3) is 0 Å². The summed E-state index contributed by atoms with van der Waals surface area (Å²) in [5.41, 5.74) is -3.34. The van der Waals surface area contributed by atoms with Gasteiger partial charge in [0, 0.05) is 11.8 Å². The Morgan fingerprint density at radius 3 is 2.31 bits per heavy atom. The van der Waals surface area contributed by atoms with Crippen LogP contribution in [0.4, 0.5) is 22.0 Å². The molecule has 0 spiro atoms. The highest BCUT2D eigenvalue weighted by Gasteiger charge is 2.37. The van der Waals surface area contributed by atoms with Crippen molar-refractivity contribution >= 4 is 0 Å². The molecule has 0 saturated heterocycles. The van der Waals surface area contributed by atoms with Crippen molar-refractivity contribution in [2.45, 2.75) is 19.5 Å². The number of hydrogen-bond donors (Lipinski definition) is 0. The molecule has 0 bridgehead atoms. The lowest BCUT2D eigenvalue weighted by molar-refractivity contribution is -0.141. The SMILES string of the molecule is Cc1c(C(F)F)cnc(C(F)(F)F)c1C#N. The smallest absolute Gasteiger partial charge is 0.250 e. The highest BCUT2D eigenvalue weighted by molar-refractivity contribution is 5.45. The van der Waals surface area contributed by atoms with E-state index in [1.807, 2.05) is 0 Å². The fourth-order valence-electron chi connectivity index (χ4n) is 1.19. The number of nitriles is 1. The summed E-state index contributed by atoms with van der Waals surface area (Å²) >= 11 is 0. The lowest BCUT2D eigenvalue weighted by Gasteiger charge is -2.12. The van der Waals surface area contributed by atoms with Gasteiger partial charge in [0.1, 0.15) is 6.07 Å². The van der Waals surface area contributed by atoms with Gasteiger partial charge >= 0.3 is 6.18 Å². The van der Waals surface area contributed by atoms with Gasteiger partial charge in [0.05, 0.1) is 5.56 Å². The minimum Gasteiger partial charge on any atom is -0.250 e. The van der Waals surface area contributed by atoms with Crippen molar-refractivity contribution in [1.82, 2.24) is 4.98 Å². The number of halogens is 5. The molecule has 1 heterocycles. The Kier molecular flexibility index (Phi) is 3.12. The van der Waals surface area contributed by atoms with Crippen molar-refractivity contribution < 1.29 is 22.0 Å². The van der Waals surface area contributed by atoms with Gasteiger partial charge < -0.3 is 0 Å². The van der Waals surface area contributed by atoms with E-state index in [2.05, 4.69) is 4.98 Å². The fourth-order valence-corrected chi connectivity index (χ4v) is 1.19. The first-order valence-electron chi connectivity index (χ1n) is 4.04. The maximum Gasteiger partial charge on any atom is 0.434 e. The van der Waals surface area contributed by atoms with Crippen LogP contribution in [-0.2, 0) is 6.18 Å². The van der Waals surface area contributed by atoms with Gasteiger partial charge in [-0.05, 0) is 12.5 Å². The van der Waals surface area contributed by atoms with Crippen molar-refractivity contribution in [3.8, 4) is 6.07 Å². The number of rotatable bonds is 1. The molecule has 0 radical (unpaired) electrons. The van der Waals surface area contributed by atoms with E-state index in [1.165, 1.54) is 6.07 Å². The Balaban J connectivity index is 3.49. The van der Waals surface area contributed by atoms with Crippen molar-refractivity contribution in [2.24, 2.45) is 0 Å². The van der Waals surface area contributed by atoms with Gasteiger partial charge in [0.15, 0.2) is 5.69 Å². The van der Waals surface area contributed by atoms with E-state index < -0.39 is 29.4 Å². The molecule has 1 rings (SSSR count). The first-order chi connectivity index (χ1) is 7.29. The normalized spacial score (nSPS) is 11.6. The number of hydrogen-bond acceptors (Lipinski definition) is 2. The molecule has 7 heteroatoms. The van der Waals surface area contributed by atoms with E-state index >= 15 is 0 Å². The van der Waals surface area contributed by atoms with Gasteiger partial charge in [-0.2, -0.15) is 18.4 Å². The number of alkyl halides is 5. The second kappa shape index (κ2) is 4.04. The Labute approximate surface area is 87.3 Å². The van der Waals surface area contributed by atoms with Crippen LogP contribution in [-0.4, -0.2) is 4.98 Å². The van der Waals surface area contributed by atoms with E-state index in [9.17, 15) is 22.0 Å². The molecular weight excluding hydrogens is 231 g/mol. The average molecular weight is 236 g/mol. The average Bonchev–Trinajstić information content (AvgIpc) is 2.15. The van der Waals surface area contributed by atoms with Crippen LogP contribution in [0.1, 0.15) is 28.8 Å². The molecule has 0 atom stereocenters. The molecular formula is C9H5F5N2. The molecule has 16 heavy (non-hydrogen) atoms. The summed E-state index contributed by atoms with van der Waals surface area (Å²) in [6.07, 6.45) is -7.33. The first-order valence-corrected chi connectivity index (χ1v) is 4.04. The van der Waals surface area contributed by atoms with Crippen LogP contribution in [0, 0.1) is 18.3 Å². The molecule has 0 aliphatic heterocycles. The number of pyridine rings is 1. The van der Waals surface area contributed by atoms with E-state index in [0.29, 0.717) is 6.20 Å². The summed E-state index contributed by atoms with van der Waals surface area (Å²) in [7, 11) is 0. The third-order valence-electron chi connectivity index (χ3n) is 1.99. The second-order valence-electron chi connectivity index (χ2n) is 2.97. The molecule has 86 valence electrons. The minimum absolute atomic E-state index is 0.389. The molecule has 0 aliphatic carbocycles.